The number of nitrogens with zero attached hydrogens (tertiary/aromatic N) is 2. The molecule has 0 fully saturated rings. The van der Waals surface area contributed by atoms with Crippen molar-refractivity contribution in [3.63, 3.8) is 0 Å². The Kier molecular flexibility index (Phi) is 5.65. The molecule has 0 aliphatic carbocycles. The van der Waals surface area contributed by atoms with Gasteiger partial charge >= 0.3 is 0 Å². The van der Waals surface area contributed by atoms with E-state index in [4.69, 9.17) is 10.00 Å². The molecule has 2 aromatic carbocycles. The first-order valence-corrected chi connectivity index (χ1v) is 8.46. The SMILES string of the molecule is CCOc1ccccc1NC(=O)c1ccc(Nc2ccc(C#N)cc2)cn1. The van der Waals surface area contributed by atoms with Gasteiger partial charge in [0.15, 0.2) is 0 Å². The summed E-state index contributed by atoms with van der Waals surface area (Å²) in [6.45, 7) is 2.40. The van der Waals surface area contributed by atoms with E-state index >= 15 is 0 Å². The highest BCUT2D eigenvalue weighted by molar-refractivity contribution is 6.03. The molecular formula is C21H18N4O2. The Hall–Kier alpha value is -3.85. The van der Waals surface area contributed by atoms with Crippen LogP contribution in [0.5, 0.6) is 5.75 Å². The molecule has 0 bridgehead atoms. The average molecular weight is 358 g/mol. The Balaban J connectivity index is 1.67. The van der Waals surface area contributed by atoms with E-state index in [1.807, 2.05) is 31.2 Å². The van der Waals surface area contributed by atoms with Gasteiger partial charge in [-0.05, 0) is 55.5 Å². The van der Waals surface area contributed by atoms with E-state index < -0.39 is 0 Å². The van der Waals surface area contributed by atoms with Crippen LogP contribution >= 0.6 is 0 Å². The number of hydrogen-bond donors (Lipinski definition) is 2. The predicted molar refractivity (Wildman–Crippen MR) is 104 cm³/mol. The molecule has 3 rings (SSSR count). The number of pyridine rings is 1. The largest absolute Gasteiger partial charge is 0.492 e. The number of carbonyl (C=O) groups excluding carboxylic acids is 1. The molecule has 6 nitrogen and oxygen atoms in total. The summed E-state index contributed by atoms with van der Waals surface area (Å²) in [5.41, 5.74) is 3.07. The Morgan fingerprint density at radius 1 is 1.07 bits per heavy atom. The lowest BCUT2D eigenvalue weighted by Gasteiger charge is -2.11. The first-order valence-electron chi connectivity index (χ1n) is 8.46. The molecule has 6 heteroatoms. The summed E-state index contributed by atoms with van der Waals surface area (Å²) in [5.74, 6) is 0.305. The second-order valence-corrected chi connectivity index (χ2v) is 5.63. The second-order valence-electron chi connectivity index (χ2n) is 5.63. The number of amides is 1. The number of carbonyl (C=O) groups is 1. The zero-order valence-electron chi connectivity index (χ0n) is 14.8. The standard InChI is InChI=1S/C21H18N4O2/c1-2-27-20-6-4-3-5-18(20)25-21(26)19-12-11-17(14-23-19)24-16-9-7-15(13-22)8-10-16/h3-12,14,24H,2H2,1H3,(H,25,26). The number of ether oxygens (including phenoxy) is 1. The number of anilines is 3. The van der Waals surface area contributed by atoms with E-state index in [1.54, 1.807) is 42.6 Å². The highest BCUT2D eigenvalue weighted by Gasteiger charge is 2.11. The molecule has 0 saturated heterocycles. The molecule has 1 heterocycles. The molecule has 0 aliphatic heterocycles. The maximum absolute atomic E-state index is 12.4. The molecule has 1 aromatic heterocycles. The average Bonchev–Trinajstić information content (AvgIpc) is 2.71. The molecular weight excluding hydrogens is 340 g/mol. The van der Waals surface area contributed by atoms with Crippen LogP contribution in [-0.2, 0) is 0 Å². The van der Waals surface area contributed by atoms with Gasteiger partial charge in [-0.3, -0.25) is 4.79 Å². The Labute approximate surface area is 157 Å². The monoisotopic (exact) mass is 358 g/mol. The highest BCUT2D eigenvalue weighted by Crippen LogP contribution is 2.24. The predicted octanol–water partition coefficient (Wildman–Crippen LogP) is 4.35. The third kappa shape index (κ3) is 4.61. The van der Waals surface area contributed by atoms with E-state index in [0.717, 1.165) is 11.4 Å². The number of rotatable bonds is 6. The third-order valence-electron chi connectivity index (χ3n) is 3.73. The summed E-state index contributed by atoms with van der Waals surface area (Å²) in [6, 6.07) is 19.8. The van der Waals surface area contributed by atoms with Gasteiger partial charge in [-0.2, -0.15) is 5.26 Å². The van der Waals surface area contributed by atoms with Crippen LogP contribution in [0.15, 0.2) is 66.9 Å². The fourth-order valence-electron chi connectivity index (χ4n) is 2.43. The van der Waals surface area contributed by atoms with Crippen molar-refractivity contribution >= 4 is 23.0 Å². The van der Waals surface area contributed by atoms with E-state index in [2.05, 4.69) is 21.7 Å². The van der Waals surface area contributed by atoms with E-state index in [9.17, 15) is 4.79 Å². The zero-order chi connectivity index (χ0) is 19.1. The van der Waals surface area contributed by atoms with Crippen LogP contribution in [0, 0.1) is 11.3 Å². The van der Waals surface area contributed by atoms with Crippen molar-refractivity contribution in [1.82, 2.24) is 4.98 Å². The van der Waals surface area contributed by atoms with Crippen LogP contribution in [0.2, 0.25) is 0 Å². The molecule has 134 valence electrons. The van der Waals surface area contributed by atoms with Gasteiger partial charge in [0.1, 0.15) is 11.4 Å². The maximum atomic E-state index is 12.4. The molecule has 0 saturated carbocycles. The van der Waals surface area contributed by atoms with E-state index in [1.165, 1.54) is 0 Å². The van der Waals surface area contributed by atoms with Gasteiger partial charge in [0.2, 0.25) is 0 Å². The number of nitrogens with one attached hydrogen (secondary N) is 2. The van der Waals surface area contributed by atoms with Crippen molar-refractivity contribution in [2.45, 2.75) is 6.92 Å². The van der Waals surface area contributed by atoms with Crippen LogP contribution in [0.25, 0.3) is 0 Å². The minimum atomic E-state index is -0.313. The smallest absolute Gasteiger partial charge is 0.274 e. The first-order chi connectivity index (χ1) is 13.2. The minimum absolute atomic E-state index is 0.298. The number of nitriles is 1. The lowest BCUT2D eigenvalue weighted by Crippen LogP contribution is -2.14. The van der Waals surface area contributed by atoms with Gasteiger partial charge in [0, 0.05) is 5.69 Å². The normalized spacial score (nSPS) is 9.93. The maximum Gasteiger partial charge on any atom is 0.274 e. The van der Waals surface area contributed by atoms with Gasteiger partial charge in [-0.25, -0.2) is 4.98 Å². The summed E-state index contributed by atoms with van der Waals surface area (Å²) >= 11 is 0. The molecule has 27 heavy (non-hydrogen) atoms. The van der Waals surface area contributed by atoms with Crippen LogP contribution < -0.4 is 15.4 Å². The third-order valence-corrected chi connectivity index (χ3v) is 3.73. The summed E-state index contributed by atoms with van der Waals surface area (Å²) in [7, 11) is 0. The van der Waals surface area contributed by atoms with Crippen LogP contribution in [0.1, 0.15) is 23.0 Å². The number of para-hydroxylation sites is 2. The summed E-state index contributed by atoms with van der Waals surface area (Å²) in [5, 5.41) is 14.8. The highest BCUT2D eigenvalue weighted by atomic mass is 16.5. The van der Waals surface area contributed by atoms with Crippen molar-refractivity contribution < 1.29 is 9.53 Å². The van der Waals surface area contributed by atoms with E-state index in [-0.39, 0.29) is 5.91 Å². The molecule has 2 N–H and O–H groups in total. The van der Waals surface area contributed by atoms with Crippen molar-refractivity contribution in [1.29, 1.82) is 5.26 Å². The fourth-order valence-corrected chi connectivity index (χ4v) is 2.43. The second kappa shape index (κ2) is 8.50. The molecule has 3 aromatic rings. The number of benzene rings is 2. The summed E-state index contributed by atoms with van der Waals surface area (Å²) in [6.07, 6.45) is 1.58. The van der Waals surface area contributed by atoms with Crippen LogP contribution in [0.3, 0.4) is 0 Å². The molecule has 0 atom stereocenters. The van der Waals surface area contributed by atoms with Gasteiger partial charge in [-0.15, -0.1) is 0 Å². The molecule has 0 aliphatic rings. The van der Waals surface area contributed by atoms with Gasteiger partial charge in [0.05, 0.1) is 35.8 Å². The summed E-state index contributed by atoms with van der Waals surface area (Å²) in [4.78, 5) is 16.6. The Morgan fingerprint density at radius 2 is 1.81 bits per heavy atom. The first kappa shape index (κ1) is 18.0. The fraction of sp³-hybridized carbons (Fsp3) is 0.0952. The van der Waals surface area contributed by atoms with Crippen molar-refractivity contribution in [3.05, 3.63) is 78.1 Å². The van der Waals surface area contributed by atoms with Crippen molar-refractivity contribution in [2.24, 2.45) is 0 Å². The lowest BCUT2D eigenvalue weighted by molar-refractivity contribution is 0.102. The lowest BCUT2D eigenvalue weighted by atomic mass is 10.2. The quantitative estimate of drug-likeness (QED) is 0.684. The van der Waals surface area contributed by atoms with Crippen molar-refractivity contribution in [2.75, 3.05) is 17.2 Å². The topological polar surface area (TPSA) is 87.0 Å². The zero-order valence-corrected chi connectivity index (χ0v) is 14.8. The number of hydrogen-bond acceptors (Lipinski definition) is 5. The summed E-state index contributed by atoms with van der Waals surface area (Å²) < 4.78 is 5.51. The van der Waals surface area contributed by atoms with E-state index in [0.29, 0.717) is 29.3 Å². The Morgan fingerprint density at radius 3 is 2.48 bits per heavy atom. The minimum Gasteiger partial charge on any atom is -0.492 e. The van der Waals surface area contributed by atoms with Crippen LogP contribution in [0.4, 0.5) is 17.1 Å². The Bertz CT molecular complexity index is 961. The number of aromatic nitrogens is 1. The molecule has 0 unspecified atom stereocenters. The van der Waals surface area contributed by atoms with Crippen LogP contribution in [-0.4, -0.2) is 17.5 Å². The van der Waals surface area contributed by atoms with Gasteiger partial charge < -0.3 is 15.4 Å². The van der Waals surface area contributed by atoms with Gasteiger partial charge in [0.25, 0.3) is 5.91 Å². The van der Waals surface area contributed by atoms with Crippen molar-refractivity contribution in [3.8, 4) is 11.8 Å². The molecule has 1 amide bonds. The molecule has 0 radical (unpaired) electrons. The molecule has 0 spiro atoms. The van der Waals surface area contributed by atoms with Gasteiger partial charge in [-0.1, -0.05) is 12.1 Å².